The van der Waals surface area contributed by atoms with Gasteiger partial charge in [-0.05, 0) is 54.8 Å². The molecule has 0 spiro atoms. The highest BCUT2D eigenvalue weighted by Crippen LogP contribution is 2.24. The molecule has 218 valence electrons. The van der Waals surface area contributed by atoms with Crippen LogP contribution in [-0.2, 0) is 9.59 Å². The van der Waals surface area contributed by atoms with Crippen LogP contribution in [0.15, 0.2) is 56.4 Å². The number of nitrogens with zero attached hydrogens (tertiary/aromatic N) is 4. The first-order valence-corrected chi connectivity index (χ1v) is 14.6. The van der Waals surface area contributed by atoms with E-state index >= 15 is 0 Å². The molecule has 0 radical (unpaired) electrons. The first-order valence-electron chi connectivity index (χ1n) is 14.6. The van der Waals surface area contributed by atoms with E-state index in [2.05, 4.69) is 57.9 Å². The normalized spacial score (nSPS) is 19.0. The molecular formula is C30H36N10O2. The van der Waals surface area contributed by atoms with Gasteiger partial charge in [-0.2, -0.15) is 0 Å². The molecule has 6 rings (SSSR count). The summed E-state index contributed by atoms with van der Waals surface area (Å²) in [5, 5.41) is 19.3. The highest BCUT2D eigenvalue weighted by molar-refractivity contribution is 6.07. The lowest BCUT2D eigenvalue weighted by molar-refractivity contribution is -0.118. The number of carbonyl (C=O) groups is 2. The van der Waals surface area contributed by atoms with E-state index in [9.17, 15) is 9.59 Å². The van der Waals surface area contributed by atoms with Crippen molar-refractivity contribution in [2.24, 2.45) is 20.0 Å². The van der Waals surface area contributed by atoms with E-state index in [4.69, 9.17) is 0 Å². The number of benzene rings is 2. The molecule has 2 amide bonds. The zero-order valence-electron chi connectivity index (χ0n) is 23.5. The quantitative estimate of drug-likeness (QED) is 0.226. The summed E-state index contributed by atoms with van der Waals surface area (Å²) in [6, 6.07) is 11.8. The molecule has 12 heteroatoms. The zero-order valence-corrected chi connectivity index (χ0v) is 23.5. The lowest BCUT2D eigenvalue weighted by Gasteiger charge is -2.15. The van der Waals surface area contributed by atoms with Crippen LogP contribution in [0.25, 0.3) is 0 Å². The Bertz CT molecular complexity index is 1440. The molecule has 6 N–H and O–H groups in total. The predicted octanol–water partition coefficient (Wildman–Crippen LogP) is 1.55. The van der Waals surface area contributed by atoms with Crippen molar-refractivity contribution in [2.45, 2.75) is 31.8 Å². The van der Waals surface area contributed by atoms with Gasteiger partial charge in [0.15, 0.2) is 0 Å². The highest BCUT2D eigenvalue weighted by atomic mass is 16.2. The van der Waals surface area contributed by atoms with Crippen LogP contribution in [0.5, 0.6) is 0 Å². The van der Waals surface area contributed by atoms with Crippen LogP contribution in [0.2, 0.25) is 0 Å². The van der Waals surface area contributed by atoms with Crippen LogP contribution in [0.3, 0.4) is 0 Å². The maximum Gasteiger partial charge on any atom is 0.224 e. The number of anilines is 2. The van der Waals surface area contributed by atoms with Crippen LogP contribution >= 0.6 is 0 Å². The van der Waals surface area contributed by atoms with Gasteiger partial charge >= 0.3 is 0 Å². The second-order valence-corrected chi connectivity index (χ2v) is 10.6. The number of hydrogen-bond donors (Lipinski definition) is 6. The number of carbonyl (C=O) groups excluding carboxylic acids is 2. The molecular weight excluding hydrogens is 532 g/mol. The van der Waals surface area contributed by atoms with Crippen molar-refractivity contribution in [3.05, 3.63) is 58.7 Å². The van der Waals surface area contributed by atoms with Crippen molar-refractivity contribution in [2.75, 3.05) is 56.4 Å². The molecule has 0 unspecified atom stereocenters. The smallest absolute Gasteiger partial charge is 0.224 e. The van der Waals surface area contributed by atoms with E-state index in [0.717, 1.165) is 85.6 Å². The van der Waals surface area contributed by atoms with Crippen molar-refractivity contribution < 1.29 is 9.59 Å². The topological polar surface area (TPSA) is 156 Å². The van der Waals surface area contributed by atoms with Gasteiger partial charge in [0.1, 0.15) is 23.7 Å². The Kier molecular flexibility index (Phi) is 8.50. The van der Waals surface area contributed by atoms with Crippen molar-refractivity contribution in [3.8, 4) is 0 Å². The maximum atomic E-state index is 12.8. The Morgan fingerprint density at radius 3 is 1.64 bits per heavy atom. The van der Waals surface area contributed by atoms with Crippen molar-refractivity contribution >= 4 is 46.9 Å². The maximum absolute atomic E-state index is 12.8. The van der Waals surface area contributed by atoms with Gasteiger partial charge in [-0.1, -0.05) is 0 Å². The standard InChI is InChI=1S/C30H36N10O2/c41-25(39-23-15-19(27-31-5-6-32-27)13-20(16-23)28-33-7-8-34-28)3-1-2-4-26(42)40-24-17-21(29-35-9-10-36-29)14-22(18-24)30-37-11-12-38-30/h5,13-18,27,32H,1-4,6-12H2,(H,33,34)(H,35,36)(H,37,38)(H,39,41)(H,40,42)/t27-/m1/s1. The number of hydrogen-bond acceptors (Lipinski definition) is 10. The zero-order chi connectivity index (χ0) is 28.7. The molecule has 0 saturated heterocycles. The highest BCUT2D eigenvalue weighted by Gasteiger charge is 2.18. The van der Waals surface area contributed by atoms with E-state index in [1.54, 1.807) is 0 Å². The fourth-order valence-corrected chi connectivity index (χ4v) is 5.36. The number of rotatable bonds is 11. The number of unbranched alkanes of at least 4 members (excludes halogenated alkanes) is 1. The van der Waals surface area contributed by atoms with E-state index in [0.29, 0.717) is 37.1 Å². The van der Waals surface area contributed by atoms with Gasteiger partial charge in [-0.15, -0.1) is 0 Å². The number of aliphatic imine (C=N–C) groups is 4. The summed E-state index contributed by atoms with van der Waals surface area (Å²) < 4.78 is 0. The molecule has 0 bridgehead atoms. The third-order valence-corrected chi connectivity index (χ3v) is 7.33. The summed E-state index contributed by atoms with van der Waals surface area (Å²) in [5.41, 5.74) is 5.17. The predicted molar refractivity (Wildman–Crippen MR) is 166 cm³/mol. The number of amides is 2. The molecule has 2 aromatic carbocycles. The van der Waals surface area contributed by atoms with Gasteiger partial charge in [0.05, 0.1) is 19.6 Å². The average Bonchev–Trinajstić information content (AvgIpc) is 3.83. The van der Waals surface area contributed by atoms with E-state index < -0.39 is 0 Å². The second-order valence-electron chi connectivity index (χ2n) is 10.6. The van der Waals surface area contributed by atoms with Gasteiger partial charge in [0.25, 0.3) is 0 Å². The molecule has 4 aliphatic heterocycles. The summed E-state index contributed by atoms with van der Waals surface area (Å²) in [4.78, 5) is 43.7. The van der Waals surface area contributed by atoms with Gasteiger partial charge in [-0.3, -0.25) is 34.9 Å². The van der Waals surface area contributed by atoms with Gasteiger partial charge in [-0.25, -0.2) is 0 Å². The number of nitrogens with one attached hydrogen (secondary N) is 6. The molecule has 42 heavy (non-hydrogen) atoms. The molecule has 2 aromatic rings. The third kappa shape index (κ3) is 6.82. The summed E-state index contributed by atoms with van der Waals surface area (Å²) in [6.07, 6.45) is 3.56. The van der Waals surface area contributed by atoms with Gasteiger partial charge in [0, 0.05) is 73.3 Å². The van der Waals surface area contributed by atoms with E-state index in [-0.39, 0.29) is 18.0 Å². The fourth-order valence-electron chi connectivity index (χ4n) is 5.36. The second kappa shape index (κ2) is 12.9. The van der Waals surface area contributed by atoms with Crippen molar-refractivity contribution in [1.82, 2.24) is 21.3 Å². The molecule has 0 fully saturated rings. The minimum atomic E-state index is -0.136. The molecule has 0 saturated carbocycles. The lowest BCUT2D eigenvalue weighted by Crippen LogP contribution is -2.23. The van der Waals surface area contributed by atoms with Gasteiger partial charge in [0.2, 0.25) is 11.8 Å². The molecule has 1 atom stereocenters. The minimum Gasteiger partial charge on any atom is -0.368 e. The Hall–Kier alpha value is -4.58. The Balaban J connectivity index is 1.02. The molecule has 4 heterocycles. The first-order chi connectivity index (χ1) is 20.6. The van der Waals surface area contributed by atoms with Crippen molar-refractivity contribution in [1.29, 1.82) is 0 Å². The monoisotopic (exact) mass is 568 g/mol. The summed E-state index contributed by atoms with van der Waals surface area (Å²) in [7, 11) is 0. The molecule has 12 nitrogen and oxygen atoms in total. The van der Waals surface area contributed by atoms with Gasteiger partial charge < -0.3 is 26.6 Å². The Morgan fingerprint density at radius 2 is 1.19 bits per heavy atom. The minimum absolute atomic E-state index is 0.0882. The summed E-state index contributed by atoms with van der Waals surface area (Å²) >= 11 is 0. The van der Waals surface area contributed by atoms with Crippen LogP contribution in [0, 0.1) is 0 Å². The molecule has 0 aromatic heterocycles. The Morgan fingerprint density at radius 1 is 0.690 bits per heavy atom. The Labute approximate surface area is 244 Å². The van der Waals surface area contributed by atoms with Crippen LogP contribution in [0.4, 0.5) is 11.4 Å². The van der Waals surface area contributed by atoms with Crippen molar-refractivity contribution in [3.63, 3.8) is 0 Å². The largest absolute Gasteiger partial charge is 0.368 e. The van der Waals surface area contributed by atoms with E-state index in [1.807, 2.05) is 36.5 Å². The number of amidine groups is 3. The lowest BCUT2D eigenvalue weighted by atomic mass is 10.1. The van der Waals surface area contributed by atoms with E-state index in [1.165, 1.54) is 0 Å². The summed E-state index contributed by atoms with van der Waals surface area (Å²) in [5.74, 6) is 2.31. The summed E-state index contributed by atoms with van der Waals surface area (Å²) in [6.45, 7) is 5.34. The molecule has 4 aliphatic rings. The molecule has 0 aliphatic carbocycles. The van der Waals surface area contributed by atoms with Crippen LogP contribution in [-0.4, -0.2) is 81.3 Å². The average molecular weight is 569 g/mol. The first kappa shape index (κ1) is 27.6. The SMILES string of the molecule is O=C(CCCCC(=O)Nc1cc(C2=NCCN2)cc([C@@H]2N=CCN2)c1)Nc1cc(C2=NCCN2)cc(C2=NCCN2)c1. The third-order valence-electron chi connectivity index (χ3n) is 7.33. The van der Waals surface area contributed by atoms with Crippen LogP contribution < -0.4 is 31.9 Å². The fraction of sp³-hybridized carbons (Fsp3) is 0.400. The van der Waals surface area contributed by atoms with Crippen LogP contribution in [0.1, 0.15) is 54.1 Å².